The molecule has 1 atom stereocenters. The second-order valence-electron chi connectivity index (χ2n) is 9.80. The number of carbonyl (C=O) groups excluding carboxylic acids is 1. The number of nitrogens with zero attached hydrogens (tertiary/aromatic N) is 4. The number of aryl methyl sites for hydroxylation is 2. The number of para-hydroxylation sites is 1. The quantitative estimate of drug-likeness (QED) is 0.274. The Hall–Kier alpha value is -3.82. The predicted octanol–water partition coefficient (Wildman–Crippen LogP) is 5.45. The predicted molar refractivity (Wildman–Crippen MR) is 156 cm³/mol. The standard InChI is InChI=1S/C30H34N6O2S/c1-3-14-36-21-31-18-27(36)20-39(38)28-12-10-26(11-13-28)33-30(37)24-8-6-15-35(19-25-17-32-34-22(25)2)29-9-5-4-7-23(29)16-24/h4-5,7,9-13,16-18,21H,3,6,8,14-15,19-20H2,1-2H3,(H,32,34)(H,33,37)/b24-16+. The van der Waals surface area contributed by atoms with Crippen LogP contribution in [-0.4, -0.2) is 36.8 Å². The number of amides is 1. The minimum atomic E-state index is -1.19. The molecular weight excluding hydrogens is 508 g/mol. The van der Waals surface area contributed by atoms with Gasteiger partial charge in [-0.25, -0.2) is 4.98 Å². The van der Waals surface area contributed by atoms with Crippen molar-refractivity contribution < 1.29 is 9.35 Å². The Kier molecular flexibility index (Phi) is 8.48. The fourth-order valence-electron chi connectivity index (χ4n) is 4.86. The van der Waals surface area contributed by atoms with E-state index < -0.39 is 11.2 Å². The first-order valence-corrected chi connectivity index (χ1v) is 14.7. The lowest BCUT2D eigenvalue weighted by Gasteiger charge is -2.28. The molecule has 2 aromatic carbocycles. The smallest absolute Gasteiger partial charge is 0.251 e. The average molecular weight is 543 g/mol. The van der Waals surface area contributed by atoms with E-state index in [0.717, 1.165) is 65.6 Å². The van der Waals surface area contributed by atoms with E-state index in [1.807, 2.05) is 60.2 Å². The van der Waals surface area contributed by atoms with Gasteiger partial charge in [0.15, 0.2) is 10.6 Å². The van der Waals surface area contributed by atoms with Gasteiger partial charge in [-0.2, -0.15) is 5.10 Å². The number of nitrogens with one attached hydrogen (secondary N) is 2. The molecule has 0 saturated carbocycles. The number of H-pyrrole nitrogens is 1. The van der Waals surface area contributed by atoms with Gasteiger partial charge in [0.1, 0.15) is 0 Å². The highest BCUT2D eigenvalue weighted by Crippen LogP contribution is 2.29. The van der Waals surface area contributed by atoms with Gasteiger partial charge < -0.3 is 19.3 Å². The number of anilines is 2. The number of aromatic nitrogens is 4. The van der Waals surface area contributed by atoms with Crippen LogP contribution in [0.1, 0.15) is 48.7 Å². The summed E-state index contributed by atoms with van der Waals surface area (Å²) in [6.45, 7) is 6.59. The molecule has 1 aliphatic heterocycles. The zero-order valence-electron chi connectivity index (χ0n) is 22.4. The molecule has 0 spiro atoms. The molecule has 202 valence electrons. The van der Waals surface area contributed by atoms with Crippen molar-refractivity contribution in [2.45, 2.75) is 56.8 Å². The Morgan fingerprint density at radius 1 is 1.18 bits per heavy atom. The van der Waals surface area contributed by atoms with Gasteiger partial charge in [-0.15, -0.1) is 0 Å². The Morgan fingerprint density at radius 2 is 2.00 bits per heavy atom. The van der Waals surface area contributed by atoms with E-state index in [9.17, 15) is 9.35 Å². The third-order valence-electron chi connectivity index (χ3n) is 6.99. The fraction of sp³-hybridized carbons (Fsp3) is 0.300. The normalized spacial score (nSPS) is 15.6. The maximum atomic E-state index is 13.3. The lowest BCUT2D eigenvalue weighted by atomic mass is 10.00. The molecule has 9 heteroatoms. The SMILES string of the molecule is CCCn1cncc1C[S+]([O-])c1ccc(NC(=O)/C2=C/c3ccccc3N(Cc3c[nH]nc3C)CCC2)cc1. The van der Waals surface area contributed by atoms with E-state index in [0.29, 0.717) is 17.9 Å². The van der Waals surface area contributed by atoms with Crippen molar-refractivity contribution in [3.63, 3.8) is 0 Å². The minimum absolute atomic E-state index is 0.110. The molecule has 0 saturated heterocycles. The lowest BCUT2D eigenvalue weighted by molar-refractivity contribution is -0.112. The van der Waals surface area contributed by atoms with Crippen LogP contribution in [-0.2, 0) is 34.8 Å². The summed E-state index contributed by atoms with van der Waals surface area (Å²) in [7, 11) is 0. The fourth-order valence-corrected chi connectivity index (χ4v) is 5.98. The number of rotatable bonds is 9. The number of hydrogen-bond acceptors (Lipinski definition) is 5. The van der Waals surface area contributed by atoms with Gasteiger partial charge >= 0.3 is 0 Å². The number of imidazole rings is 1. The first kappa shape index (κ1) is 26.8. The summed E-state index contributed by atoms with van der Waals surface area (Å²) in [6, 6.07) is 15.5. The third kappa shape index (κ3) is 6.43. The zero-order valence-corrected chi connectivity index (χ0v) is 23.2. The van der Waals surface area contributed by atoms with E-state index in [2.05, 4.69) is 44.5 Å². The zero-order chi connectivity index (χ0) is 27.2. The van der Waals surface area contributed by atoms with Gasteiger partial charge in [0, 0.05) is 48.3 Å². The van der Waals surface area contributed by atoms with Crippen LogP contribution in [0, 0.1) is 6.92 Å². The van der Waals surface area contributed by atoms with Crippen LogP contribution < -0.4 is 10.2 Å². The van der Waals surface area contributed by atoms with Crippen molar-refractivity contribution >= 4 is 34.5 Å². The summed E-state index contributed by atoms with van der Waals surface area (Å²) in [5, 5.41) is 10.2. The maximum absolute atomic E-state index is 13.3. The molecule has 1 amide bonds. The summed E-state index contributed by atoms with van der Waals surface area (Å²) in [5.41, 5.74) is 6.70. The van der Waals surface area contributed by atoms with Crippen molar-refractivity contribution in [1.29, 1.82) is 0 Å². The van der Waals surface area contributed by atoms with Gasteiger partial charge in [-0.05, 0) is 79.3 Å². The average Bonchev–Trinajstić information content (AvgIpc) is 3.55. The molecule has 4 aromatic rings. The van der Waals surface area contributed by atoms with Crippen LogP contribution in [0.4, 0.5) is 11.4 Å². The molecule has 0 bridgehead atoms. The second-order valence-corrected chi connectivity index (χ2v) is 11.2. The van der Waals surface area contributed by atoms with Crippen molar-refractivity contribution in [3.8, 4) is 0 Å². The van der Waals surface area contributed by atoms with Gasteiger partial charge in [0.25, 0.3) is 5.91 Å². The summed E-state index contributed by atoms with van der Waals surface area (Å²) < 4.78 is 15.0. The van der Waals surface area contributed by atoms with Crippen molar-refractivity contribution in [2.24, 2.45) is 0 Å². The topological polar surface area (TPSA) is 102 Å². The lowest BCUT2D eigenvalue weighted by Crippen LogP contribution is -2.27. The molecule has 1 unspecified atom stereocenters. The molecule has 39 heavy (non-hydrogen) atoms. The first-order valence-electron chi connectivity index (χ1n) is 13.3. The van der Waals surface area contributed by atoms with E-state index in [4.69, 9.17) is 0 Å². The molecule has 0 radical (unpaired) electrons. The van der Waals surface area contributed by atoms with Gasteiger partial charge in [0.05, 0.1) is 23.9 Å². The maximum Gasteiger partial charge on any atom is 0.251 e. The number of fused-ring (bicyclic) bond motifs is 1. The summed E-state index contributed by atoms with van der Waals surface area (Å²) >= 11 is -1.19. The molecular formula is C30H34N6O2S. The molecule has 0 aliphatic carbocycles. The first-order chi connectivity index (χ1) is 19.0. The highest BCUT2D eigenvalue weighted by molar-refractivity contribution is 7.90. The molecule has 5 rings (SSSR count). The van der Waals surface area contributed by atoms with Gasteiger partial charge in [-0.1, -0.05) is 25.1 Å². The number of benzene rings is 2. The van der Waals surface area contributed by atoms with E-state index >= 15 is 0 Å². The van der Waals surface area contributed by atoms with Crippen molar-refractivity contribution in [1.82, 2.24) is 19.7 Å². The van der Waals surface area contributed by atoms with Crippen LogP contribution in [0.5, 0.6) is 0 Å². The highest BCUT2D eigenvalue weighted by Gasteiger charge is 2.20. The van der Waals surface area contributed by atoms with E-state index in [1.165, 1.54) is 5.56 Å². The third-order valence-corrected chi connectivity index (χ3v) is 8.34. The van der Waals surface area contributed by atoms with Crippen LogP contribution in [0.3, 0.4) is 0 Å². The summed E-state index contributed by atoms with van der Waals surface area (Å²) in [6.07, 6.45) is 10.0. The Balaban J connectivity index is 1.27. The Bertz CT molecular complexity index is 1440. The van der Waals surface area contributed by atoms with Crippen LogP contribution >= 0.6 is 0 Å². The molecule has 0 fully saturated rings. The number of carbonyl (C=O) groups is 1. The molecule has 3 heterocycles. The van der Waals surface area contributed by atoms with Crippen LogP contribution in [0.2, 0.25) is 0 Å². The van der Waals surface area contributed by atoms with Crippen molar-refractivity contribution in [2.75, 3.05) is 16.8 Å². The van der Waals surface area contributed by atoms with Crippen LogP contribution in [0.25, 0.3) is 6.08 Å². The summed E-state index contributed by atoms with van der Waals surface area (Å²) in [5.74, 6) is 0.302. The largest absolute Gasteiger partial charge is 0.611 e. The minimum Gasteiger partial charge on any atom is -0.611 e. The molecule has 2 N–H and O–H groups in total. The molecule has 1 aliphatic rings. The van der Waals surface area contributed by atoms with Crippen LogP contribution in [0.15, 0.2) is 77.7 Å². The van der Waals surface area contributed by atoms with E-state index in [-0.39, 0.29) is 5.91 Å². The Labute approximate surface area is 232 Å². The van der Waals surface area contributed by atoms with Crippen molar-refractivity contribution in [3.05, 3.63) is 95.3 Å². The number of aromatic amines is 1. The second kappa shape index (κ2) is 12.4. The summed E-state index contributed by atoms with van der Waals surface area (Å²) in [4.78, 5) is 20.6. The Morgan fingerprint density at radius 3 is 2.77 bits per heavy atom. The number of hydrogen-bond donors (Lipinski definition) is 2. The van der Waals surface area contributed by atoms with E-state index in [1.54, 1.807) is 12.5 Å². The highest BCUT2D eigenvalue weighted by atomic mass is 32.2. The van der Waals surface area contributed by atoms with Gasteiger partial charge in [0.2, 0.25) is 0 Å². The monoisotopic (exact) mass is 542 g/mol. The molecule has 8 nitrogen and oxygen atoms in total. The molecule has 2 aromatic heterocycles. The van der Waals surface area contributed by atoms with Gasteiger partial charge in [-0.3, -0.25) is 9.89 Å².